The molecule has 10 heteroatoms. The zero-order valence-corrected chi connectivity index (χ0v) is 25.3. The van der Waals surface area contributed by atoms with Gasteiger partial charge in [0.1, 0.15) is 16.9 Å². The van der Waals surface area contributed by atoms with E-state index in [-0.39, 0.29) is 30.8 Å². The molecule has 0 radical (unpaired) electrons. The van der Waals surface area contributed by atoms with Gasteiger partial charge in [-0.05, 0) is 62.1 Å². The second kappa shape index (κ2) is 13.9. The Morgan fingerprint density at radius 2 is 1.72 bits per heavy atom. The van der Waals surface area contributed by atoms with Crippen LogP contribution in [0.1, 0.15) is 62.8 Å². The largest absolute Gasteiger partial charge is 0.354 e. The molecular formula is C33H43N7O3. The number of carbonyl (C=O) groups excluding carboxylic acids is 3. The number of nitrogens with zero attached hydrogens (tertiary/aromatic N) is 4. The summed E-state index contributed by atoms with van der Waals surface area (Å²) >= 11 is 0. The van der Waals surface area contributed by atoms with Gasteiger partial charge in [-0.15, -0.1) is 0 Å². The number of aromatic amines is 1. The Hall–Kier alpha value is -4.05. The topological polar surface area (TPSA) is 123 Å². The van der Waals surface area contributed by atoms with Crippen molar-refractivity contribution in [1.82, 2.24) is 35.8 Å². The van der Waals surface area contributed by atoms with E-state index >= 15 is 0 Å². The van der Waals surface area contributed by atoms with Gasteiger partial charge in [-0.1, -0.05) is 68.4 Å². The zero-order valence-electron chi connectivity index (χ0n) is 25.3. The van der Waals surface area contributed by atoms with Gasteiger partial charge in [-0.3, -0.25) is 19.3 Å². The molecule has 2 aliphatic rings. The molecule has 43 heavy (non-hydrogen) atoms. The molecule has 1 aliphatic heterocycles. The van der Waals surface area contributed by atoms with Gasteiger partial charge < -0.3 is 15.5 Å². The van der Waals surface area contributed by atoms with Crippen LogP contribution in [0.2, 0.25) is 0 Å². The molecule has 1 saturated heterocycles. The number of aryl methyl sites for hydroxylation is 1. The average Bonchev–Trinajstić information content (AvgIpc) is 3.47. The highest BCUT2D eigenvalue weighted by Crippen LogP contribution is 2.36. The third-order valence-electron chi connectivity index (χ3n) is 8.47. The van der Waals surface area contributed by atoms with Crippen LogP contribution in [0, 0.1) is 5.92 Å². The van der Waals surface area contributed by atoms with Crippen LogP contribution in [0.3, 0.4) is 0 Å². The fourth-order valence-electron chi connectivity index (χ4n) is 6.13. The van der Waals surface area contributed by atoms with Crippen LogP contribution in [-0.2, 0) is 32.9 Å². The fraction of sp³-hybridized carbons (Fsp3) is 0.485. The van der Waals surface area contributed by atoms with Crippen molar-refractivity contribution < 1.29 is 14.4 Å². The monoisotopic (exact) mass is 585 g/mol. The molecular weight excluding hydrogens is 542 g/mol. The lowest BCUT2D eigenvalue weighted by Crippen LogP contribution is -2.60. The van der Waals surface area contributed by atoms with Gasteiger partial charge in [0.25, 0.3) is 0 Å². The Labute approximate surface area is 253 Å². The summed E-state index contributed by atoms with van der Waals surface area (Å²) < 4.78 is 0. The Balaban J connectivity index is 1.39. The first-order valence-electron chi connectivity index (χ1n) is 15.5. The average molecular weight is 586 g/mol. The molecule has 228 valence electrons. The van der Waals surface area contributed by atoms with E-state index < -0.39 is 5.54 Å². The molecule has 0 saturated carbocycles. The number of H-pyrrole nitrogens is 1. The lowest BCUT2D eigenvalue weighted by molar-refractivity contribution is -0.140. The molecule has 3 amide bonds. The van der Waals surface area contributed by atoms with Crippen molar-refractivity contribution >= 4 is 17.7 Å². The molecule has 2 heterocycles. The molecule has 1 atom stereocenters. The van der Waals surface area contributed by atoms with E-state index in [0.717, 1.165) is 60.2 Å². The highest BCUT2D eigenvalue weighted by Gasteiger charge is 2.44. The van der Waals surface area contributed by atoms with Crippen LogP contribution in [0.15, 0.2) is 54.6 Å². The minimum Gasteiger partial charge on any atom is -0.354 e. The first kappa shape index (κ1) is 30.4. The Kier molecular flexibility index (Phi) is 9.86. The number of amides is 3. The second-order valence-corrected chi connectivity index (χ2v) is 12.1. The van der Waals surface area contributed by atoms with E-state index in [9.17, 15) is 14.4 Å². The van der Waals surface area contributed by atoms with Gasteiger partial charge in [0.05, 0.1) is 13.1 Å². The van der Waals surface area contributed by atoms with Gasteiger partial charge in [0, 0.05) is 25.2 Å². The van der Waals surface area contributed by atoms with Gasteiger partial charge in [0.15, 0.2) is 0 Å². The van der Waals surface area contributed by atoms with Crippen molar-refractivity contribution in [3.63, 3.8) is 0 Å². The van der Waals surface area contributed by atoms with E-state index in [1.807, 2.05) is 54.6 Å². The number of nitrogens with one attached hydrogen (secondary N) is 3. The number of carbonyl (C=O) groups is 3. The second-order valence-electron chi connectivity index (χ2n) is 12.1. The summed E-state index contributed by atoms with van der Waals surface area (Å²) in [6, 6.07) is 17.7. The van der Waals surface area contributed by atoms with E-state index in [1.54, 1.807) is 4.90 Å². The number of hydrogen-bond acceptors (Lipinski definition) is 6. The van der Waals surface area contributed by atoms with Crippen molar-refractivity contribution in [3.05, 3.63) is 71.4 Å². The smallest absolute Gasteiger partial charge is 0.250 e. The summed E-state index contributed by atoms with van der Waals surface area (Å²) in [5, 5.41) is 17.8. The molecule has 0 bridgehead atoms. The molecule has 1 fully saturated rings. The van der Waals surface area contributed by atoms with Gasteiger partial charge in [-0.25, -0.2) is 0 Å². The first-order valence-corrected chi connectivity index (χ1v) is 15.5. The SMILES string of the molecule is CC(C)CCN1CC(=O)NC2(CCCc3ccccc32)C(=O)NCCCCN(Cc2n[nH]nc2-c2ccccc2)CC1=O. The number of hydrogen-bond donors (Lipinski definition) is 3. The molecule has 1 spiro atoms. The van der Waals surface area contributed by atoms with E-state index in [4.69, 9.17) is 0 Å². The maximum Gasteiger partial charge on any atom is 0.250 e. The Morgan fingerprint density at radius 3 is 2.53 bits per heavy atom. The fourth-order valence-corrected chi connectivity index (χ4v) is 6.13. The molecule has 2 aromatic carbocycles. The molecule has 10 nitrogen and oxygen atoms in total. The predicted octanol–water partition coefficient (Wildman–Crippen LogP) is 3.41. The summed E-state index contributed by atoms with van der Waals surface area (Å²) in [6.07, 6.45) is 4.49. The molecule has 3 aromatic rings. The lowest BCUT2D eigenvalue weighted by Gasteiger charge is -2.39. The number of benzene rings is 2. The van der Waals surface area contributed by atoms with E-state index in [0.29, 0.717) is 38.5 Å². The van der Waals surface area contributed by atoms with Crippen LogP contribution in [0.4, 0.5) is 0 Å². The van der Waals surface area contributed by atoms with Gasteiger partial charge in [0.2, 0.25) is 17.7 Å². The predicted molar refractivity (Wildman–Crippen MR) is 165 cm³/mol. The number of rotatable bonds is 6. The Bertz CT molecular complexity index is 1410. The zero-order chi connectivity index (χ0) is 30.2. The number of aromatic nitrogens is 3. The van der Waals surface area contributed by atoms with Crippen LogP contribution >= 0.6 is 0 Å². The van der Waals surface area contributed by atoms with Gasteiger partial charge in [-0.2, -0.15) is 15.4 Å². The Morgan fingerprint density at radius 1 is 0.930 bits per heavy atom. The van der Waals surface area contributed by atoms with E-state index in [2.05, 4.69) is 44.8 Å². The normalized spacial score (nSPS) is 20.9. The first-order chi connectivity index (χ1) is 20.9. The highest BCUT2D eigenvalue weighted by atomic mass is 16.2. The van der Waals surface area contributed by atoms with Crippen molar-refractivity contribution in [3.8, 4) is 11.3 Å². The molecule has 1 aliphatic carbocycles. The summed E-state index contributed by atoms with van der Waals surface area (Å²) in [5.74, 6) is -0.251. The molecule has 1 aromatic heterocycles. The summed E-state index contributed by atoms with van der Waals surface area (Å²) in [4.78, 5) is 45.1. The number of fused-ring (bicyclic) bond motifs is 2. The quantitative estimate of drug-likeness (QED) is 0.408. The van der Waals surface area contributed by atoms with Crippen molar-refractivity contribution in [1.29, 1.82) is 0 Å². The minimum absolute atomic E-state index is 0.101. The van der Waals surface area contributed by atoms with Crippen LogP contribution in [0.25, 0.3) is 11.3 Å². The van der Waals surface area contributed by atoms with Crippen molar-refractivity contribution in [2.24, 2.45) is 5.92 Å². The van der Waals surface area contributed by atoms with Crippen molar-refractivity contribution in [2.75, 3.05) is 32.7 Å². The summed E-state index contributed by atoms with van der Waals surface area (Å²) in [6.45, 7) is 6.30. The molecule has 1 unspecified atom stereocenters. The van der Waals surface area contributed by atoms with E-state index in [1.165, 1.54) is 0 Å². The third kappa shape index (κ3) is 7.30. The van der Waals surface area contributed by atoms with Gasteiger partial charge >= 0.3 is 0 Å². The van der Waals surface area contributed by atoms with Crippen LogP contribution in [-0.4, -0.2) is 75.7 Å². The molecule has 5 rings (SSSR count). The van der Waals surface area contributed by atoms with Crippen LogP contribution in [0.5, 0.6) is 0 Å². The maximum atomic E-state index is 13.8. The highest BCUT2D eigenvalue weighted by molar-refractivity contribution is 5.94. The van der Waals surface area contributed by atoms with Crippen molar-refractivity contribution in [2.45, 2.75) is 64.5 Å². The summed E-state index contributed by atoms with van der Waals surface area (Å²) in [7, 11) is 0. The maximum absolute atomic E-state index is 13.8. The lowest BCUT2D eigenvalue weighted by atomic mass is 9.75. The minimum atomic E-state index is -1.14. The van der Waals surface area contributed by atoms with Crippen LogP contribution < -0.4 is 10.6 Å². The summed E-state index contributed by atoms with van der Waals surface area (Å²) in [5.41, 5.74) is 3.27. The third-order valence-corrected chi connectivity index (χ3v) is 8.47. The molecule has 3 N–H and O–H groups in total. The standard InChI is InChI=1S/C33H43N7O3/c1-24(2)16-20-40-22-29(41)35-33(17-10-14-25-11-6-7-15-27(25)33)32(43)34-18-8-9-19-39(23-30(40)42)21-28-31(37-38-36-28)26-12-4-3-5-13-26/h3-7,11-13,15,24H,8-10,14,16-23H2,1-2H3,(H,34,43)(H,35,41)(H,36,37,38).